The molecule has 19 heavy (non-hydrogen) atoms. The summed E-state index contributed by atoms with van der Waals surface area (Å²) < 4.78 is 2.40. The van der Waals surface area contributed by atoms with Crippen molar-refractivity contribution in [1.82, 2.24) is 20.1 Å². The molecule has 4 nitrogen and oxygen atoms in total. The first-order chi connectivity index (χ1) is 9.35. The van der Waals surface area contributed by atoms with E-state index in [4.69, 9.17) is 0 Å². The van der Waals surface area contributed by atoms with E-state index in [9.17, 15) is 0 Å². The number of hydrogen-bond donors (Lipinski definition) is 1. The van der Waals surface area contributed by atoms with Gasteiger partial charge in [0.1, 0.15) is 11.6 Å². The first-order valence-corrected chi connectivity index (χ1v) is 8.00. The summed E-state index contributed by atoms with van der Waals surface area (Å²) in [6, 6.07) is 0.412. The maximum Gasteiger partial charge on any atom is 0.150 e. The van der Waals surface area contributed by atoms with Gasteiger partial charge in [-0.15, -0.1) is 10.2 Å². The minimum atomic E-state index is 0.412. The summed E-state index contributed by atoms with van der Waals surface area (Å²) in [6.07, 6.45) is 8.17. The van der Waals surface area contributed by atoms with Crippen molar-refractivity contribution in [1.29, 1.82) is 0 Å². The van der Waals surface area contributed by atoms with Crippen molar-refractivity contribution in [2.75, 3.05) is 6.54 Å². The average molecular weight is 260 g/mol. The molecule has 3 aliphatic rings. The Bertz CT molecular complexity index is 467. The van der Waals surface area contributed by atoms with E-state index in [1.54, 1.807) is 0 Å². The second-order valence-corrected chi connectivity index (χ2v) is 6.68. The predicted octanol–water partition coefficient (Wildman–Crippen LogP) is 2.31. The third-order valence-corrected chi connectivity index (χ3v) is 5.63. The van der Waals surface area contributed by atoms with E-state index < -0.39 is 0 Å². The van der Waals surface area contributed by atoms with E-state index in [0.717, 1.165) is 37.3 Å². The highest BCUT2D eigenvalue weighted by Gasteiger charge is 2.40. The Balaban J connectivity index is 1.54. The van der Waals surface area contributed by atoms with Gasteiger partial charge in [-0.1, -0.05) is 13.3 Å². The quantitative estimate of drug-likeness (QED) is 0.907. The molecule has 1 aliphatic heterocycles. The minimum absolute atomic E-state index is 0.412. The van der Waals surface area contributed by atoms with Crippen LogP contribution in [-0.2, 0) is 13.0 Å². The zero-order chi connectivity index (χ0) is 12.8. The molecule has 4 atom stereocenters. The van der Waals surface area contributed by atoms with Gasteiger partial charge in [0.15, 0.2) is 0 Å². The summed E-state index contributed by atoms with van der Waals surface area (Å²) in [7, 11) is 0. The van der Waals surface area contributed by atoms with Gasteiger partial charge in [0.05, 0.1) is 6.04 Å². The van der Waals surface area contributed by atoms with E-state index >= 15 is 0 Å². The fourth-order valence-corrected chi connectivity index (χ4v) is 4.63. The number of aromatic nitrogens is 3. The summed E-state index contributed by atoms with van der Waals surface area (Å²) in [5.74, 6) is 5.34. The van der Waals surface area contributed by atoms with Gasteiger partial charge >= 0.3 is 0 Å². The van der Waals surface area contributed by atoms with Crippen molar-refractivity contribution in [2.24, 2.45) is 17.8 Å². The normalized spacial score (nSPS) is 36.7. The van der Waals surface area contributed by atoms with Gasteiger partial charge in [-0.2, -0.15) is 0 Å². The lowest BCUT2D eigenvalue weighted by atomic mass is 9.86. The molecule has 4 rings (SSSR count). The van der Waals surface area contributed by atoms with Crippen LogP contribution in [0.4, 0.5) is 0 Å². The highest BCUT2D eigenvalue weighted by atomic mass is 15.3. The molecule has 2 heterocycles. The van der Waals surface area contributed by atoms with Crippen LogP contribution in [0.15, 0.2) is 0 Å². The fourth-order valence-electron chi connectivity index (χ4n) is 4.63. The second kappa shape index (κ2) is 4.58. The third-order valence-electron chi connectivity index (χ3n) is 5.63. The lowest BCUT2D eigenvalue weighted by molar-refractivity contribution is 0.318. The summed E-state index contributed by atoms with van der Waals surface area (Å²) >= 11 is 0. The number of hydrogen-bond acceptors (Lipinski definition) is 3. The molecule has 0 radical (unpaired) electrons. The maximum atomic E-state index is 4.52. The van der Waals surface area contributed by atoms with Crippen LogP contribution in [0.25, 0.3) is 0 Å². The second-order valence-electron chi connectivity index (χ2n) is 6.68. The van der Waals surface area contributed by atoms with E-state index in [1.165, 1.54) is 43.8 Å². The van der Waals surface area contributed by atoms with Crippen molar-refractivity contribution in [3.8, 4) is 0 Å². The lowest BCUT2D eigenvalue weighted by Crippen LogP contribution is -2.34. The Kier molecular flexibility index (Phi) is 2.87. The Morgan fingerprint density at radius 1 is 1.26 bits per heavy atom. The third kappa shape index (κ3) is 1.92. The van der Waals surface area contributed by atoms with Gasteiger partial charge in [0.2, 0.25) is 0 Å². The standard InChI is InChI=1S/C15H24N4/c1-2-13-15-18-17-14(19(15)6-5-16-13)9-12-8-10-3-4-11(12)7-10/h10-13,16H,2-9H2,1H3. The molecule has 104 valence electrons. The van der Waals surface area contributed by atoms with Crippen LogP contribution in [-0.4, -0.2) is 21.3 Å². The van der Waals surface area contributed by atoms with Crippen LogP contribution in [0.5, 0.6) is 0 Å². The minimum Gasteiger partial charge on any atom is -0.312 e. The fraction of sp³-hybridized carbons (Fsp3) is 0.867. The molecule has 0 saturated heterocycles. The number of fused-ring (bicyclic) bond motifs is 3. The molecule has 0 amide bonds. The van der Waals surface area contributed by atoms with Gasteiger partial charge in [-0.3, -0.25) is 0 Å². The molecule has 2 fully saturated rings. The molecule has 0 aromatic carbocycles. The van der Waals surface area contributed by atoms with E-state index in [2.05, 4.69) is 27.0 Å². The molecule has 2 saturated carbocycles. The Hall–Kier alpha value is -0.900. The molecule has 4 heteroatoms. The molecule has 1 aromatic heterocycles. The molecule has 2 bridgehead atoms. The highest BCUT2D eigenvalue weighted by molar-refractivity contribution is 5.06. The Morgan fingerprint density at radius 3 is 2.95 bits per heavy atom. The Labute approximate surface area is 115 Å². The summed E-state index contributed by atoms with van der Waals surface area (Å²) in [5.41, 5.74) is 0. The average Bonchev–Trinajstić information content (AvgIpc) is 3.14. The van der Waals surface area contributed by atoms with Crippen molar-refractivity contribution >= 4 is 0 Å². The van der Waals surface area contributed by atoms with Crippen LogP contribution in [0.1, 0.15) is 56.7 Å². The van der Waals surface area contributed by atoms with Crippen LogP contribution >= 0.6 is 0 Å². The van der Waals surface area contributed by atoms with Crippen LogP contribution in [0.3, 0.4) is 0 Å². The van der Waals surface area contributed by atoms with E-state index in [1.807, 2.05) is 0 Å². The molecule has 1 N–H and O–H groups in total. The summed E-state index contributed by atoms with van der Waals surface area (Å²) in [4.78, 5) is 0. The molecule has 1 aromatic rings. The lowest BCUT2D eigenvalue weighted by Gasteiger charge is -2.26. The largest absolute Gasteiger partial charge is 0.312 e. The predicted molar refractivity (Wildman–Crippen MR) is 73.7 cm³/mol. The maximum absolute atomic E-state index is 4.52. The monoisotopic (exact) mass is 260 g/mol. The van der Waals surface area contributed by atoms with Crippen LogP contribution < -0.4 is 5.32 Å². The highest BCUT2D eigenvalue weighted by Crippen LogP contribution is 2.49. The molecule has 0 spiro atoms. The zero-order valence-corrected chi connectivity index (χ0v) is 11.8. The molecule has 2 aliphatic carbocycles. The number of nitrogens with one attached hydrogen (secondary N) is 1. The Morgan fingerprint density at radius 2 is 2.21 bits per heavy atom. The topological polar surface area (TPSA) is 42.7 Å². The van der Waals surface area contributed by atoms with Crippen LogP contribution in [0, 0.1) is 17.8 Å². The SMILES string of the molecule is CCC1NCCn2c(CC3CC4CCC3C4)nnc21. The smallest absolute Gasteiger partial charge is 0.150 e. The van der Waals surface area contributed by atoms with Gasteiger partial charge in [-0.05, 0) is 43.4 Å². The number of rotatable bonds is 3. The van der Waals surface area contributed by atoms with Crippen molar-refractivity contribution < 1.29 is 0 Å². The van der Waals surface area contributed by atoms with Crippen LogP contribution in [0.2, 0.25) is 0 Å². The molecular formula is C15H24N4. The van der Waals surface area contributed by atoms with Crippen molar-refractivity contribution in [3.63, 3.8) is 0 Å². The zero-order valence-electron chi connectivity index (χ0n) is 11.8. The summed E-state index contributed by atoms with van der Waals surface area (Å²) in [5, 5.41) is 12.5. The molecular weight excluding hydrogens is 236 g/mol. The van der Waals surface area contributed by atoms with Crippen molar-refractivity contribution in [3.05, 3.63) is 11.6 Å². The first kappa shape index (κ1) is 11.9. The van der Waals surface area contributed by atoms with Gasteiger partial charge in [-0.25, -0.2) is 0 Å². The molecule has 4 unspecified atom stereocenters. The van der Waals surface area contributed by atoms with E-state index in [0.29, 0.717) is 6.04 Å². The van der Waals surface area contributed by atoms with Gasteiger partial charge in [0, 0.05) is 19.5 Å². The number of nitrogens with zero attached hydrogens (tertiary/aromatic N) is 3. The van der Waals surface area contributed by atoms with Gasteiger partial charge in [0.25, 0.3) is 0 Å². The summed E-state index contributed by atoms with van der Waals surface area (Å²) in [6.45, 7) is 4.33. The van der Waals surface area contributed by atoms with E-state index in [-0.39, 0.29) is 0 Å². The first-order valence-electron chi connectivity index (χ1n) is 8.00. The van der Waals surface area contributed by atoms with Gasteiger partial charge < -0.3 is 9.88 Å². The van der Waals surface area contributed by atoms with Crippen molar-refractivity contribution in [2.45, 2.75) is 58.0 Å².